The van der Waals surface area contributed by atoms with Crippen molar-refractivity contribution in [2.45, 2.75) is 30.9 Å². The van der Waals surface area contributed by atoms with E-state index >= 15 is 0 Å². The molecular formula is C21H20N4O3S. The predicted octanol–water partition coefficient (Wildman–Crippen LogP) is 4.14. The lowest BCUT2D eigenvalue weighted by Crippen LogP contribution is -2.14. The van der Waals surface area contributed by atoms with Crippen molar-refractivity contribution in [2.24, 2.45) is 7.05 Å². The van der Waals surface area contributed by atoms with Crippen molar-refractivity contribution in [2.75, 3.05) is 5.32 Å². The van der Waals surface area contributed by atoms with Gasteiger partial charge in [0.15, 0.2) is 5.65 Å². The van der Waals surface area contributed by atoms with Crippen LogP contribution >= 0.6 is 11.8 Å². The number of pyridine rings is 1. The van der Waals surface area contributed by atoms with Crippen LogP contribution in [0.1, 0.15) is 29.9 Å². The van der Waals surface area contributed by atoms with Gasteiger partial charge >= 0.3 is 5.63 Å². The normalized spacial score (nSPS) is 11.5. The Morgan fingerprint density at radius 3 is 2.79 bits per heavy atom. The minimum atomic E-state index is -0.407. The van der Waals surface area contributed by atoms with Gasteiger partial charge in [-0.05, 0) is 31.2 Å². The monoisotopic (exact) mass is 408 g/mol. The summed E-state index contributed by atoms with van der Waals surface area (Å²) < 4.78 is 6.87. The Balaban J connectivity index is 1.75. The van der Waals surface area contributed by atoms with Crippen LogP contribution in [0.15, 0.2) is 50.6 Å². The first kappa shape index (κ1) is 19.2. The van der Waals surface area contributed by atoms with Crippen LogP contribution in [0.2, 0.25) is 0 Å². The van der Waals surface area contributed by atoms with Gasteiger partial charge in [-0.1, -0.05) is 13.8 Å². The van der Waals surface area contributed by atoms with Crippen LogP contribution in [0.5, 0.6) is 0 Å². The van der Waals surface area contributed by atoms with Gasteiger partial charge in [0.05, 0.1) is 16.6 Å². The highest BCUT2D eigenvalue weighted by molar-refractivity contribution is 8.00. The van der Waals surface area contributed by atoms with Gasteiger partial charge in [-0.3, -0.25) is 9.48 Å². The van der Waals surface area contributed by atoms with E-state index in [1.54, 1.807) is 46.9 Å². The van der Waals surface area contributed by atoms with Crippen LogP contribution in [0.3, 0.4) is 0 Å². The smallest absolute Gasteiger partial charge is 0.336 e. The highest BCUT2D eigenvalue weighted by Crippen LogP contribution is 2.35. The van der Waals surface area contributed by atoms with E-state index in [0.717, 1.165) is 27.0 Å². The molecule has 4 rings (SSSR count). The van der Waals surface area contributed by atoms with Crippen LogP contribution < -0.4 is 10.9 Å². The van der Waals surface area contributed by atoms with Gasteiger partial charge in [-0.15, -0.1) is 11.8 Å². The average Bonchev–Trinajstić information content (AvgIpc) is 2.96. The topological polar surface area (TPSA) is 90.0 Å². The molecule has 3 aromatic heterocycles. The molecule has 3 heterocycles. The number of hydrogen-bond acceptors (Lipinski definition) is 6. The molecule has 0 saturated heterocycles. The first-order valence-electron chi connectivity index (χ1n) is 9.17. The zero-order valence-electron chi connectivity index (χ0n) is 16.5. The third-order valence-electron chi connectivity index (χ3n) is 4.45. The lowest BCUT2D eigenvalue weighted by molar-refractivity contribution is 0.102. The molecule has 0 saturated carbocycles. The fourth-order valence-electron chi connectivity index (χ4n) is 3.25. The molecule has 29 heavy (non-hydrogen) atoms. The molecule has 0 radical (unpaired) electrons. The number of carbonyl (C=O) groups excluding carboxylic acids is 1. The summed E-state index contributed by atoms with van der Waals surface area (Å²) in [4.78, 5) is 29.8. The van der Waals surface area contributed by atoms with Crippen LogP contribution in [-0.2, 0) is 7.05 Å². The highest BCUT2D eigenvalue weighted by atomic mass is 32.2. The first-order chi connectivity index (χ1) is 13.8. The van der Waals surface area contributed by atoms with Gasteiger partial charge in [0.2, 0.25) is 0 Å². The number of hydrogen-bond donors (Lipinski definition) is 1. The van der Waals surface area contributed by atoms with Gasteiger partial charge in [0.1, 0.15) is 5.58 Å². The van der Waals surface area contributed by atoms with E-state index in [1.807, 2.05) is 14.0 Å². The van der Waals surface area contributed by atoms with Crippen molar-refractivity contribution in [3.05, 3.63) is 58.2 Å². The molecule has 8 heteroatoms. The van der Waals surface area contributed by atoms with Crippen LogP contribution in [0.25, 0.3) is 22.0 Å². The van der Waals surface area contributed by atoms with Crippen molar-refractivity contribution in [3.8, 4) is 0 Å². The standard InChI is InChI=1S/C21H20N4O3S/c1-11(2)29-19-15(10-22-20-18(19)12(3)24-25(20)4)21(27)23-14-6-7-16-13(9-14)5-8-17(26)28-16/h5-11H,1-4H3,(H,23,27). The van der Waals surface area contributed by atoms with E-state index in [0.29, 0.717) is 16.8 Å². The predicted molar refractivity (Wildman–Crippen MR) is 115 cm³/mol. The van der Waals surface area contributed by atoms with Gasteiger partial charge in [-0.25, -0.2) is 9.78 Å². The van der Waals surface area contributed by atoms with Crippen molar-refractivity contribution in [1.29, 1.82) is 0 Å². The number of fused-ring (bicyclic) bond motifs is 2. The van der Waals surface area contributed by atoms with E-state index < -0.39 is 5.63 Å². The number of anilines is 1. The van der Waals surface area contributed by atoms with Crippen LogP contribution in [-0.4, -0.2) is 25.9 Å². The second-order valence-electron chi connectivity index (χ2n) is 7.04. The fourth-order valence-corrected chi connectivity index (χ4v) is 4.35. The molecule has 1 N–H and O–H groups in total. The number of nitrogens with one attached hydrogen (secondary N) is 1. The molecule has 1 amide bonds. The van der Waals surface area contributed by atoms with Crippen molar-refractivity contribution in [1.82, 2.24) is 14.8 Å². The Morgan fingerprint density at radius 1 is 1.24 bits per heavy atom. The SMILES string of the molecule is Cc1nn(C)c2ncc(C(=O)Nc3ccc4oc(=O)ccc4c3)c(SC(C)C)c12. The lowest BCUT2D eigenvalue weighted by atomic mass is 10.1. The number of rotatable bonds is 4. The number of aryl methyl sites for hydroxylation is 2. The summed E-state index contributed by atoms with van der Waals surface area (Å²) in [5, 5.41) is 9.31. The first-order valence-corrected chi connectivity index (χ1v) is 10.1. The van der Waals surface area contributed by atoms with Gasteiger partial charge in [0.25, 0.3) is 5.91 Å². The molecule has 0 fully saturated rings. The number of aromatic nitrogens is 3. The van der Waals surface area contributed by atoms with Gasteiger partial charge < -0.3 is 9.73 Å². The maximum Gasteiger partial charge on any atom is 0.336 e. The molecule has 0 aliphatic carbocycles. The Kier molecular flexibility index (Phi) is 4.87. The van der Waals surface area contributed by atoms with E-state index in [1.165, 1.54) is 6.07 Å². The summed E-state index contributed by atoms with van der Waals surface area (Å²) in [5.74, 6) is -0.248. The molecule has 4 aromatic rings. The largest absolute Gasteiger partial charge is 0.423 e. The molecule has 0 aliphatic rings. The summed E-state index contributed by atoms with van der Waals surface area (Å²) >= 11 is 1.62. The fraction of sp³-hybridized carbons (Fsp3) is 0.238. The highest BCUT2D eigenvalue weighted by Gasteiger charge is 2.21. The number of benzene rings is 1. The van der Waals surface area contributed by atoms with Crippen LogP contribution in [0, 0.1) is 6.92 Å². The molecule has 0 aliphatic heterocycles. The molecule has 7 nitrogen and oxygen atoms in total. The average molecular weight is 408 g/mol. The van der Waals surface area contributed by atoms with Crippen molar-refractivity contribution >= 4 is 45.4 Å². The van der Waals surface area contributed by atoms with Crippen molar-refractivity contribution in [3.63, 3.8) is 0 Å². The number of thioether (sulfide) groups is 1. The van der Waals surface area contributed by atoms with Crippen LogP contribution in [0.4, 0.5) is 5.69 Å². The molecule has 1 aromatic carbocycles. The summed E-state index contributed by atoms with van der Waals surface area (Å²) in [6.45, 7) is 6.09. The molecule has 0 atom stereocenters. The summed E-state index contributed by atoms with van der Waals surface area (Å²) in [6, 6.07) is 8.17. The zero-order chi connectivity index (χ0) is 20.7. The van der Waals surface area contributed by atoms with E-state index in [-0.39, 0.29) is 11.2 Å². The molecule has 0 spiro atoms. The maximum atomic E-state index is 13.1. The number of carbonyl (C=O) groups is 1. The molecule has 0 bridgehead atoms. The Bertz CT molecular complexity index is 1310. The second kappa shape index (κ2) is 7.36. The minimum absolute atomic E-state index is 0.248. The molecule has 148 valence electrons. The second-order valence-corrected chi connectivity index (χ2v) is 8.62. The molecule has 0 unspecified atom stereocenters. The quantitative estimate of drug-likeness (QED) is 0.403. The lowest BCUT2D eigenvalue weighted by Gasteiger charge is -2.13. The Hall–Kier alpha value is -3.13. The zero-order valence-corrected chi connectivity index (χ0v) is 17.3. The minimum Gasteiger partial charge on any atom is -0.423 e. The van der Waals surface area contributed by atoms with Crippen molar-refractivity contribution < 1.29 is 9.21 Å². The van der Waals surface area contributed by atoms with E-state index in [4.69, 9.17) is 4.42 Å². The van der Waals surface area contributed by atoms with Gasteiger partial charge in [0, 0.05) is 40.5 Å². The van der Waals surface area contributed by atoms with E-state index in [2.05, 4.69) is 29.2 Å². The number of nitrogens with zero attached hydrogens (tertiary/aromatic N) is 3. The summed E-state index contributed by atoms with van der Waals surface area (Å²) in [7, 11) is 1.85. The Labute approximate surface area is 171 Å². The van der Waals surface area contributed by atoms with E-state index in [9.17, 15) is 9.59 Å². The summed E-state index contributed by atoms with van der Waals surface area (Å²) in [6.07, 6.45) is 1.60. The summed E-state index contributed by atoms with van der Waals surface area (Å²) in [5.41, 5.74) is 2.78. The Morgan fingerprint density at radius 2 is 2.03 bits per heavy atom. The maximum absolute atomic E-state index is 13.1. The third kappa shape index (κ3) is 3.63. The molecular weight excluding hydrogens is 388 g/mol. The van der Waals surface area contributed by atoms with Gasteiger partial charge in [-0.2, -0.15) is 5.10 Å². The third-order valence-corrected chi connectivity index (χ3v) is 5.59. The number of amides is 1.